The first-order valence-corrected chi connectivity index (χ1v) is 3.21. The standard InChI is InChI=1S/C6H13NO/c7-3-1-6-2-4-8-5-6/h6H,1-5,7H2/t6-/m1/s1. The van der Waals surface area contributed by atoms with Crippen LogP contribution in [-0.4, -0.2) is 19.8 Å². The Labute approximate surface area is 50.0 Å². The van der Waals surface area contributed by atoms with Gasteiger partial charge in [-0.05, 0) is 25.3 Å². The molecule has 0 aliphatic carbocycles. The molecule has 0 amide bonds. The first kappa shape index (κ1) is 6.05. The molecule has 0 spiro atoms. The summed E-state index contributed by atoms with van der Waals surface area (Å²) in [5.41, 5.74) is 5.35. The van der Waals surface area contributed by atoms with Crippen molar-refractivity contribution < 1.29 is 4.74 Å². The van der Waals surface area contributed by atoms with Gasteiger partial charge in [0.2, 0.25) is 0 Å². The van der Waals surface area contributed by atoms with Crippen molar-refractivity contribution in [1.82, 2.24) is 0 Å². The van der Waals surface area contributed by atoms with Crippen molar-refractivity contribution in [2.45, 2.75) is 12.8 Å². The van der Waals surface area contributed by atoms with Gasteiger partial charge in [0.1, 0.15) is 0 Å². The SMILES string of the molecule is NCC[C@@H]1CCOC1. The minimum absolute atomic E-state index is 0.764. The van der Waals surface area contributed by atoms with Crippen molar-refractivity contribution in [2.75, 3.05) is 19.8 Å². The molecule has 0 unspecified atom stereocenters. The quantitative estimate of drug-likeness (QED) is 0.564. The zero-order valence-electron chi connectivity index (χ0n) is 5.10. The molecule has 2 N–H and O–H groups in total. The van der Waals surface area contributed by atoms with Crippen LogP contribution in [0, 0.1) is 5.92 Å². The van der Waals surface area contributed by atoms with Gasteiger partial charge in [0.05, 0.1) is 0 Å². The molecule has 0 bridgehead atoms. The van der Waals surface area contributed by atoms with Crippen molar-refractivity contribution in [3.63, 3.8) is 0 Å². The maximum absolute atomic E-state index is 5.35. The van der Waals surface area contributed by atoms with Crippen LogP contribution in [0.1, 0.15) is 12.8 Å². The van der Waals surface area contributed by atoms with E-state index in [4.69, 9.17) is 10.5 Å². The summed E-state index contributed by atoms with van der Waals surface area (Å²) in [6, 6.07) is 0. The Kier molecular flexibility index (Phi) is 2.30. The third-order valence-corrected chi connectivity index (χ3v) is 1.60. The van der Waals surface area contributed by atoms with Crippen LogP contribution in [0.4, 0.5) is 0 Å². The highest BCUT2D eigenvalue weighted by atomic mass is 16.5. The van der Waals surface area contributed by atoms with Gasteiger partial charge in [-0.2, -0.15) is 0 Å². The molecule has 0 aromatic carbocycles. The summed E-state index contributed by atoms with van der Waals surface area (Å²) in [4.78, 5) is 0. The van der Waals surface area contributed by atoms with Gasteiger partial charge in [-0.15, -0.1) is 0 Å². The fourth-order valence-electron chi connectivity index (χ4n) is 1.05. The summed E-state index contributed by atoms with van der Waals surface area (Å²) in [6.07, 6.45) is 2.36. The van der Waals surface area contributed by atoms with Gasteiger partial charge in [-0.1, -0.05) is 0 Å². The van der Waals surface area contributed by atoms with Crippen molar-refractivity contribution in [3.8, 4) is 0 Å². The second-order valence-electron chi connectivity index (χ2n) is 2.31. The van der Waals surface area contributed by atoms with Crippen LogP contribution in [0.15, 0.2) is 0 Å². The Morgan fingerprint density at radius 3 is 3.00 bits per heavy atom. The Hall–Kier alpha value is -0.0800. The second kappa shape index (κ2) is 3.05. The zero-order valence-corrected chi connectivity index (χ0v) is 5.10. The van der Waals surface area contributed by atoms with Crippen LogP contribution < -0.4 is 5.73 Å². The monoisotopic (exact) mass is 115 g/mol. The van der Waals surface area contributed by atoms with E-state index < -0.39 is 0 Å². The van der Waals surface area contributed by atoms with Crippen molar-refractivity contribution in [1.29, 1.82) is 0 Å². The average molecular weight is 115 g/mol. The molecule has 0 aromatic heterocycles. The first-order chi connectivity index (χ1) is 3.93. The van der Waals surface area contributed by atoms with E-state index in [2.05, 4.69) is 0 Å². The molecule has 1 aliphatic heterocycles. The summed E-state index contributed by atoms with van der Waals surface area (Å²) < 4.78 is 5.15. The van der Waals surface area contributed by atoms with Gasteiger partial charge in [0, 0.05) is 13.2 Å². The number of hydrogen-bond acceptors (Lipinski definition) is 2. The lowest BCUT2D eigenvalue weighted by Crippen LogP contribution is -2.07. The first-order valence-electron chi connectivity index (χ1n) is 3.21. The normalized spacial score (nSPS) is 28.9. The zero-order chi connectivity index (χ0) is 5.82. The maximum atomic E-state index is 5.35. The van der Waals surface area contributed by atoms with E-state index in [1.54, 1.807) is 0 Å². The van der Waals surface area contributed by atoms with Crippen LogP contribution in [0.2, 0.25) is 0 Å². The molecule has 1 heterocycles. The van der Waals surface area contributed by atoms with Crippen molar-refractivity contribution in [2.24, 2.45) is 11.7 Å². The molecule has 2 heteroatoms. The van der Waals surface area contributed by atoms with Crippen LogP contribution >= 0.6 is 0 Å². The maximum Gasteiger partial charge on any atom is 0.0495 e. The van der Waals surface area contributed by atoms with E-state index in [-0.39, 0.29) is 0 Å². The largest absolute Gasteiger partial charge is 0.381 e. The van der Waals surface area contributed by atoms with Crippen LogP contribution in [0.25, 0.3) is 0 Å². The van der Waals surface area contributed by atoms with E-state index in [9.17, 15) is 0 Å². The molecule has 0 aromatic rings. The summed E-state index contributed by atoms with van der Waals surface area (Å²) >= 11 is 0. The van der Waals surface area contributed by atoms with Gasteiger partial charge < -0.3 is 10.5 Å². The molecule has 1 fully saturated rings. The number of nitrogens with two attached hydrogens (primary N) is 1. The summed E-state index contributed by atoms with van der Waals surface area (Å²) in [5, 5.41) is 0. The van der Waals surface area contributed by atoms with Crippen LogP contribution in [0.5, 0.6) is 0 Å². The predicted octanol–water partition coefficient (Wildman–Crippen LogP) is 0.372. The average Bonchev–Trinajstić information content (AvgIpc) is 2.19. The van der Waals surface area contributed by atoms with Gasteiger partial charge in [0.15, 0.2) is 0 Å². The predicted molar refractivity (Wildman–Crippen MR) is 32.6 cm³/mol. The molecule has 1 aliphatic rings. The topological polar surface area (TPSA) is 35.2 Å². The van der Waals surface area contributed by atoms with Gasteiger partial charge >= 0.3 is 0 Å². The molecule has 2 nitrogen and oxygen atoms in total. The Balaban J connectivity index is 2.06. The fraction of sp³-hybridized carbons (Fsp3) is 1.00. The Bertz CT molecular complexity index is 59.5. The highest BCUT2D eigenvalue weighted by Gasteiger charge is 2.13. The molecule has 0 saturated carbocycles. The highest BCUT2D eigenvalue weighted by Crippen LogP contribution is 2.14. The van der Waals surface area contributed by atoms with E-state index in [1.807, 2.05) is 0 Å². The molecule has 1 saturated heterocycles. The minimum atomic E-state index is 0.764. The lowest BCUT2D eigenvalue weighted by atomic mass is 10.1. The number of hydrogen-bond donors (Lipinski definition) is 1. The highest BCUT2D eigenvalue weighted by molar-refractivity contribution is 4.63. The molecule has 0 radical (unpaired) electrons. The van der Waals surface area contributed by atoms with E-state index >= 15 is 0 Å². The number of rotatable bonds is 2. The lowest BCUT2D eigenvalue weighted by Gasteiger charge is -2.01. The lowest BCUT2D eigenvalue weighted by molar-refractivity contribution is 0.184. The molecule has 1 atom stereocenters. The van der Waals surface area contributed by atoms with Gasteiger partial charge in [-0.25, -0.2) is 0 Å². The van der Waals surface area contributed by atoms with Crippen molar-refractivity contribution >= 4 is 0 Å². The fourth-order valence-corrected chi connectivity index (χ4v) is 1.05. The van der Waals surface area contributed by atoms with E-state index in [1.165, 1.54) is 6.42 Å². The van der Waals surface area contributed by atoms with Crippen LogP contribution in [0.3, 0.4) is 0 Å². The van der Waals surface area contributed by atoms with E-state index in [0.717, 1.165) is 32.1 Å². The second-order valence-corrected chi connectivity index (χ2v) is 2.31. The third kappa shape index (κ3) is 1.46. The molecule has 48 valence electrons. The minimum Gasteiger partial charge on any atom is -0.381 e. The molecule has 8 heavy (non-hydrogen) atoms. The Morgan fingerprint density at radius 2 is 2.50 bits per heavy atom. The van der Waals surface area contributed by atoms with Crippen LogP contribution in [-0.2, 0) is 4.74 Å². The van der Waals surface area contributed by atoms with E-state index in [0.29, 0.717) is 0 Å². The smallest absolute Gasteiger partial charge is 0.0495 e. The summed E-state index contributed by atoms with van der Waals surface area (Å²) in [5.74, 6) is 0.764. The van der Waals surface area contributed by atoms with Crippen molar-refractivity contribution in [3.05, 3.63) is 0 Å². The third-order valence-electron chi connectivity index (χ3n) is 1.60. The Morgan fingerprint density at radius 1 is 1.62 bits per heavy atom. The molecular formula is C6H13NO. The van der Waals surface area contributed by atoms with Gasteiger partial charge in [-0.3, -0.25) is 0 Å². The molecule has 1 rings (SSSR count). The summed E-state index contributed by atoms with van der Waals surface area (Å²) in [7, 11) is 0. The van der Waals surface area contributed by atoms with Gasteiger partial charge in [0.25, 0.3) is 0 Å². The summed E-state index contributed by atoms with van der Waals surface area (Å²) in [6.45, 7) is 2.70. The number of ether oxygens (including phenoxy) is 1. The molecular weight excluding hydrogens is 102 g/mol.